The maximum Gasteiger partial charge on any atom is 0.416 e. The molecule has 0 heterocycles. The number of benzene rings is 2. The van der Waals surface area contributed by atoms with Crippen LogP contribution in [0.1, 0.15) is 11.1 Å². The van der Waals surface area contributed by atoms with Gasteiger partial charge in [-0.3, -0.25) is 4.79 Å². The molecule has 0 fully saturated rings. The molecule has 24 heavy (non-hydrogen) atoms. The van der Waals surface area contributed by atoms with Gasteiger partial charge in [0.05, 0.1) is 34.5 Å². The van der Waals surface area contributed by atoms with Gasteiger partial charge in [-0.15, -0.1) is 0 Å². The highest BCUT2D eigenvalue weighted by Gasteiger charge is 2.30. The number of anilines is 2. The molecule has 2 aromatic rings. The van der Waals surface area contributed by atoms with Crippen LogP contribution in [0, 0.1) is 11.3 Å². The van der Waals surface area contributed by atoms with Crippen LogP contribution in [0.2, 0.25) is 5.02 Å². The molecular formula is C16H11ClF3N3O. The summed E-state index contributed by atoms with van der Waals surface area (Å²) in [6.45, 7) is -0.280. The number of nitrogens with zero attached hydrogens (tertiary/aromatic N) is 1. The van der Waals surface area contributed by atoms with Gasteiger partial charge in [0.25, 0.3) is 0 Å². The molecule has 2 aromatic carbocycles. The number of hydrogen-bond acceptors (Lipinski definition) is 3. The molecule has 0 unspecified atom stereocenters. The number of carbonyl (C=O) groups excluding carboxylic acids is 1. The number of halogens is 4. The summed E-state index contributed by atoms with van der Waals surface area (Å²) in [5.41, 5.74) is -0.0679. The van der Waals surface area contributed by atoms with Crippen molar-refractivity contribution in [2.24, 2.45) is 0 Å². The van der Waals surface area contributed by atoms with Crippen LogP contribution in [-0.4, -0.2) is 12.5 Å². The van der Waals surface area contributed by atoms with Crippen LogP contribution in [0.5, 0.6) is 0 Å². The zero-order valence-corrected chi connectivity index (χ0v) is 12.9. The lowest BCUT2D eigenvalue weighted by Crippen LogP contribution is -2.22. The first-order valence-corrected chi connectivity index (χ1v) is 7.08. The molecule has 2 N–H and O–H groups in total. The lowest BCUT2D eigenvalue weighted by Gasteiger charge is -2.12. The van der Waals surface area contributed by atoms with Gasteiger partial charge in [-0.2, -0.15) is 18.4 Å². The smallest absolute Gasteiger partial charge is 0.375 e. The van der Waals surface area contributed by atoms with Crippen LogP contribution in [0.4, 0.5) is 24.5 Å². The number of nitrogens with one attached hydrogen (secondary N) is 2. The molecule has 0 bridgehead atoms. The second kappa shape index (κ2) is 7.23. The molecule has 0 radical (unpaired) electrons. The van der Waals surface area contributed by atoms with Crippen LogP contribution in [-0.2, 0) is 11.0 Å². The molecule has 1 amide bonds. The van der Waals surface area contributed by atoms with Gasteiger partial charge >= 0.3 is 6.18 Å². The average molecular weight is 354 g/mol. The molecule has 0 saturated heterocycles. The number of alkyl halides is 3. The zero-order chi connectivity index (χ0) is 17.7. The largest absolute Gasteiger partial charge is 0.416 e. The van der Waals surface area contributed by atoms with Crippen molar-refractivity contribution in [3.8, 4) is 6.07 Å². The van der Waals surface area contributed by atoms with E-state index >= 15 is 0 Å². The Hall–Kier alpha value is -2.72. The van der Waals surface area contributed by atoms with Gasteiger partial charge in [0, 0.05) is 5.69 Å². The van der Waals surface area contributed by atoms with Crippen LogP contribution >= 0.6 is 11.6 Å². The van der Waals surface area contributed by atoms with Crippen molar-refractivity contribution in [2.75, 3.05) is 17.2 Å². The Bertz CT molecular complexity index is 800. The maximum atomic E-state index is 12.7. The Labute approximate surface area is 140 Å². The normalized spacial score (nSPS) is 10.8. The van der Waals surface area contributed by atoms with Gasteiger partial charge in [-0.25, -0.2) is 0 Å². The van der Waals surface area contributed by atoms with E-state index in [9.17, 15) is 18.0 Å². The van der Waals surface area contributed by atoms with E-state index in [1.807, 2.05) is 6.07 Å². The van der Waals surface area contributed by atoms with Crippen LogP contribution in [0.25, 0.3) is 0 Å². The van der Waals surface area contributed by atoms with Crippen molar-refractivity contribution >= 4 is 28.9 Å². The monoisotopic (exact) mass is 353 g/mol. The molecular weight excluding hydrogens is 343 g/mol. The molecule has 0 spiro atoms. The summed E-state index contributed by atoms with van der Waals surface area (Å²) in [4.78, 5) is 11.9. The molecule has 124 valence electrons. The predicted molar refractivity (Wildman–Crippen MR) is 84.7 cm³/mol. The first-order chi connectivity index (χ1) is 11.3. The third-order valence-corrected chi connectivity index (χ3v) is 3.34. The Morgan fingerprint density at radius 2 is 1.96 bits per heavy atom. The van der Waals surface area contributed by atoms with Crippen LogP contribution in [0.15, 0.2) is 42.5 Å². The van der Waals surface area contributed by atoms with Gasteiger partial charge in [0.1, 0.15) is 0 Å². The van der Waals surface area contributed by atoms with Crippen LogP contribution in [0.3, 0.4) is 0 Å². The van der Waals surface area contributed by atoms with Gasteiger partial charge in [0.2, 0.25) is 5.91 Å². The fraction of sp³-hybridized carbons (Fsp3) is 0.125. The third-order valence-electron chi connectivity index (χ3n) is 3.01. The topological polar surface area (TPSA) is 64.9 Å². The van der Waals surface area contributed by atoms with E-state index in [1.54, 1.807) is 18.2 Å². The summed E-state index contributed by atoms with van der Waals surface area (Å²) in [7, 11) is 0. The van der Waals surface area contributed by atoms with E-state index in [-0.39, 0.29) is 17.3 Å². The van der Waals surface area contributed by atoms with Crippen LogP contribution < -0.4 is 10.6 Å². The quantitative estimate of drug-likeness (QED) is 0.862. The molecule has 0 atom stereocenters. The van der Waals surface area contributed by atoms with Crippen molar-refractivity contribution < 1.29 is 18.0 Å². The lowest BCUT2D eigenvalue weighted by atomic mass is 10.2. The fourth-order valence-corrected chi connectivity index (χ4v) is 2.07. The highest BCUT2D eigenvalue weighted by molar-refractivity contribution is 6.33. The lowest BCUT2D eigenvalue weighted by molar-refractivity contribution is -0.137. The number of nitriles is 1. The standard InChI is InChI=1S/C16H11ClF3N3O/c17-13-5-4-11(16(18,19)20)7-14(13)22-9-15(24)23-12-3-1-2-10(6-12)8-21/h1-7,22H,9H2,(H,23,24). The SMILES string of the molecule is N#Cc1cccc(NC(=O)CNc2cc(C(F)(F)F)ccc2Cl)c1. The molecule has 0 aromatic heterocycles. The van der Waals surface area contributed by atoms with E-state index in [1.165, 1.54) is 6.07 Å². The van der Waals surface area contributed by atoms with Gasteiger partial charge in [-0.1, -0.05) is 17.7 Å². The summed E-state index contributed by atoms with van der Waals surface area (Å²) in [6.07, 6.45) is -4.50. The minimum atomic E-state index is -4.50. The predicted octanol–water partition coefficient (Wildman–Crippen LogP) is 4.28. The van der Waals surface area contributed by atoms with Crippen molar-refractivity contribution in [2.45, 2.75) is 6.18 Å². The molecule has 2 rings (SSSR count). The molecule has 0 aliphatic carbocycles. The first kappa shape index (κ1) is 17.6. The van der Waals surface area contributed by atoms with Crippen molar-refractivity contribution in [1.82, 2.24) is 0 Å². The van der Waals surface area contributed by atoms with Gasteiger partial charge in [-0.05, 0) is 36.4 Å². The first-order valence-electron chi connectivity index (χ1n) is 6.70. The van der Waals surface area contributed by atoms with Crippen molar-refractivity contribution in [3.63, 3.8) is 0 Å². The maximum absolute atomic E-state index is 12.7. The van der Waals surface area contributed by atoms with Gasteiger partial charge in [0.15, 0.2) is 0 Å². The summed E-state index contributed by atoms with van der Waals surface area (Å²) in [5.74, 6) is -0.487. The van der Waals surface area contributed by atoms with Crippen molar-refractivity contribution in [3.05, 3.63) is 58.6 Å². The summed E-state index contributed by atoms with van der Waals surface area (Å²) in [6, 6.07) is 11.0. The Kier molecular flexibility index (Phi) is 5.31. The Balaban J connectivity index is 2.02. The minimum absolute atomic E-state index is 0.00687. The summed E-state index contributed by atoms with van der Waals surface area (Å²) < 4.78 is 38.0. The van der Waals surface area contributed by atoms with E-state index in [2.05, 4.69) is 10.6 Å². The van der Waals surface area contributed by atoms with E-state index < -0.39 is 17.6 Å². The van der Waals surface area contributed by atoms with E-state index in [0.29, 0.717) is 11.3 Å². The molecule has 0 aliphatic rings. The number of hydrogen-bond donors (Lipinski definition) is 2. The highest BCUT2D eigenvalue weighted by atomic mass is 35.5. The molecule has 0 aliphatic heterocycles. The van der Waals surface area contributed by atoms with Gasteiger partial charge < -0.3 is 10.6 Å². The molecule has 8 heteroatoms. The number of amides is 1. The fourth-order valence-electron chi connectivity index (χ4n) is 1.88. The molecule has 0 saturated carbocycles. The zero-order valence-electron chi connectivity index (χ0n) is 12.1. The van der Waals surface area contributed by atoms with Crippen molar-refractivity contribution in [1.29, 1.82) is 5.26 Å². The highest BCUT2D eigenvalue weighted by Crippen LogP contribution is 2.33. The summed E-state index contributed by atoms with van der Waals surface area (Å²) >= 11 is 5.83. The minimum Gasteiger partial charge on any atom is -0.375 e. The Morgan fingerprint density at radius 1 is 1.21 bits per heavy atom. The number of carbonyl (C=O) groups is 1. The second-order valence-electron chi connectivity index (χ2n) is 4.79. The van der Waals surface area contributed by atoms with E-state index in [0.717, 1.165) is 18.2 Å². The third kappa shape index (κ3) is 4.64. The Morgan fingerprint density at radius 3 is 2.62 bits per heavy atom. The number of rotatable bonds is 4. The second-order valence-corrected chi connectivity index (χ2v) is 5.19. The summed E-state index contributed by atoms with van der Waals surface area (Å²) in [5, 5.41) is 14.0. The molecule has 4 nitrogen and oxygen atoms in total. The van der Waals surface area contributed by atoms with E-state index in [4.69, 9.17) is 16.9 Å². The average Bonchev–Trinajstić information content (AvgIpc) is 2.53.